The summed E-state index contributed by atoms with van der Waals surface area (Å²) < 4.78 is 32.5. The zero-order valence-electron chi connectivity index (χ0n) is 9.28. The number of halogens is 2. The van der Waals surface area contributed by atoms with E-state index < -0.39 is 17.7 Å². The number of ether oxygens (including phenoxy) is 1. The van der Waals surface area contributed by atoms with E-state index in [0.29, 0.717) is 0 Å². The SMILES string of the molecule is CCOC(=O)C(F)(F)c1ncnn1C(C)C. The van der Waals surface area contributed by atoms with Crippen molar-refractivity contribution in [1.29, 1.82) is 0 Å². The Morgan fingerprint density at radius 2 is 2.25 bits per heavy atom. The number of aromatic nitrogens is 3. The van der Waals surface area contributed by atoms with Crippen LogP contribution in [0.3, 0.4) is 0 Å². The van der Waals surface area contributed by atoms with Gasteiger partial charge in [-0.2, -0.15) is 13.9 Å². The minimum atomic E-state index is -3.77. The lowest BCUT2D eigenvalue weighted by atomic mass is 10.3. The third kappa shape index (κ3) is 2.17. The summed E-state index contributed by atoms with van der Waals surface area (Å²) in [5, 5.41) is 3.64. The smallest absolute Gasteiger partial charge is 0.400 e. The third-order valence-electron chi connectivity index (χ3n) is 1.87. The van der Waals surface area contributed by atoms with Gasteiger partial charge < -0.3 is 4.74 Å². The number of hydrogen-bond acceptors (Lipinski definition) is 4. The average molecular weight is 233 g/mol. The molecule has 0 aliphatic carbocycles. The molecular formula is C9H13F2N3O2. The molecule has 0 aliphatic rings. The molecule has 0 amide bonds. The van der Waals surface area contributed by atoms with Crippen LogP contribution in [-0.2, 0) is 15.5 Å². The van der Waals surface area contributed by atoms with Gasteiger partial charge in [0.1, 0.15) is 6.33 Å². The second kappa shape index (κ2) is 4.54. The summed E-state index contributed by atoms with van der Waals surface area (Å²) in [6, 6.07) is -0.308. The number of hydrogen-bond donors (Lipinski definition) is 0. The Morgan fingerprint density at radius 1 is 1.62 bits per heavy atom. The maximum absolute atomic E-state index is 13.6. The van der Waals surface area contributed by atoms with Crippen molar-refractivity contribution >= 4 is 5.97 Å². The number of carbonyl (C=O) groups is 1. The van der Waals surface area contributed by atoms with Crippen molar-refractivity contribution in [3.8, 4) is 0 Å². The van der Waals surface area contributed by atoms with Crippen LogP contribution in [0.25, 0.3) is 0 Å². The number of nitrogens with zero attached hydrogens (tertiary/aromatic N) is 3. The molecule has 0 bridgehead atoms. The Balaban J connectivity index is 3.06. The van der Waals surface area contributed by atoms with Gasteiger partial charge in [-0.3, -0.25) is 0 Å². The number of alkyl halides is 2. The van der Waals surface area contributed by atoms with E-state index in [1.165, 1.54) is 6.92 Å². The van der Waals surface area contributed by atoms with Crippen LogP contribution in [-0.4, -0.2) is 27.3 Å². The Morgan fingerprint density at radius 3 is 2.75 bits per heavy atom. The highest BCUT2D eigenvalue weighted by Gasteiger charge is 2.47. The number of carbonyl (C=O) groups excluding carboxylic acids is 1. The van der Waals surface area contributed by atoms with Crippen molar-refractivity contribution in [2.75, 3.05) is 6.61 Å². The summed E-state index contributed by atoms with van der Waals surface area (Å²) in [5.41, 5.74) is 0. The molecular weight excluding hydrogens is 220 g/mol. The van der Waals surface area contributed by atoms with E-state index in [1.807, 2.05) is 0 Å². The van der Waals surface area contributed by atoms with Crippen molar-refractivity contribution in [2.24, 2.45) is 0 Å². The van der Waals surface area contributed by atoms with Gasteiger partial charge in [0.2, 0.25) is 5.82 Å². The van der Waals surface area contributed by atoms with Crippen LogP contribution in [0.4, 0.5) is 8.78 Å². The van der Waals surface area contributed by atoms with Gasteiger partial charge in [0, 0.05) is 6.04 Å². The Kier molecular flexibility index (Phi) is 3.56. The van der Waals surface area contributed by atoms with E-state index in [2.05, 4.69) is 14.8 Å². The third-order valence-corrected chi connectivity index (χ3v) is 1.87. The highest BCUT2D eigenvalue weighted by atomic mass is 19.3. The molecule has 1 rings (SSSR count). The van der Waals surface area contributed by atoms with E-state index in [0.717, 1.165) is 11.0 Å². The molecule has 0 saturated carbocycles. The predicted molar refractivity (Wildman–Crippen MR) is 50.9 cm³/mol. The molecule has 0 unspecified atom stereocenters. The minimum Gasteiger partial charge on any atom is -0.461 e. The lowest BCUT2D eigenvalue weighted by molar-refractivity contribution is -0.174. The van der Waals surface area contributed by atoms with Gasteiger partial charge in [-0.1, -0.05) is 0 Å². The van der Waals surface area contributed by atoms with Crippen LogP contribution >= 0.6 is 0 Å². The molecule has 0 N–H and O–H groups in total. The van der Waals surface area contributed by atoms with Gasteiger partial charge in [-0.25, -0.2) is 14.5 Å². The fourth-order valence-electron chi connectivity index (χ4n) is 1.17. The monoisotopic (exact) mass is 233 g/mol. The standard InChI is InChI=1S/C9H13F2N3O2/c1-4-16-8(15)9(10,11)7-12-5-13-14(7)6(2)3/h5-6H,4H2,1-3H3. The Labute approximate surface area is 91.4 Å². The summed E-state index contributed by atoms with van der Waals surface area (Å²) in [4.78, 5) is 14.5. The first-order valence-electron chi connectivity index (χ1n) is 4.86. The Hall–Kier alpha value is -1.53. The van der Waals surface area contributed by atoms with Gasteiger partial charge in [0.25, 0.3) is 0 Å². The molecule has 5 nitrogen and oxygen atoms in total. The maximum atomic E-state index is 13.6. The molecule has 1 aromatic rings. The van der Waals surface area contributed by atoms with Crippen LogP contribution in [0.5, 0.6) is 0 Å². The van der Waals surface area contributed by atoms with Crippen molar-refractivity contribution in [3.05, 3.63) is 12.2 Å². The van der Waals surface area contributed by atoms with Crippen molar-refractivity contribution in [3.63, 3.8) is 0 Å². The van der Waals surface area contributed by atoms with Crippen LogP contribution < -0.4 is 0 Å². The fraction of sp³-hybridized carbons (Fsp3) is 0.667. The maximum Gasteiger partial charge on any atom is 0.400 e. The molecule has 1 aromatic heterocycles. The lowest BCUT2D eigenvalue weighted by Crippen LogP contribution is -2.32. The first kappa shape index (κ1) is 12.5. The summed E-state index contributed by atoms with van der Waals surface area (Å²) in [7, 11) is 0. The molecule has 0 atom stereocenters. The molecule has 0 spiro atoms. The van der Waals surface area contributed by atoms with Crippen LogP contribution in [0, 0.1) is 0 Å². The van der Waals surface area contributed by atoms with Crippen molar-refractivity contribution in [2.45, 2.75) is 32.7 Å². The largest absolute Gasteiger partial charge is 0.461 e. The normalized spacial score (nSPS) is 11.9. The van der Waals surface area contributed by atoms with Crippen LogP contribution in [0.15, 0.2) is 6.33 Å². The molecule has 7 heteroatoms. The highest BCUT2D eigenvalue weighted by molar-refractivity contribution is 5.78. The molecule has 16 heavy (non-hydrogen) atoms. The number of esters is 1. The Bertz CT molecular complexity index is 377. The van der Waals surface area contributed by atoms with E-state index in [9.17, 15) is 13.6 Å². The van der Waals surface area contributed by atoms with Gasteiger partial charge in [0.15, 0.2) is 0 Å². The van der Waals surface area contributed by atoms with Crippen LogP contribution in [0.1, 0.15) is 32.6 Å². The zero-order chi connectivity index (χ0) is 12.3. The van der Waals surface area contributed by atoms with Gasteiger partial charge >= 0.3 is 11.9 Å². The van der Waals surface area contributed by atoms with Crippen LogP contribution in [0.2, 0.25) is 0 Å². The molecule has 90 valence electrons. The molecule has 0 saturated heterocycles. The molecule has 0 aliphatic heterocycles. The van der Waals surface area contributed by atoms with E-state index in [4.69, 9.17) is 0 Å². The fourth-order valence-corrected chi connectivity index (χ4v) is 1.17. The molecule has 1 heterocycles. The quantitative estimate of drug-likeness (QED) is 0.740. The summed E-state index contributed by atoms with van der Waals surface area (Å²) in [6.07, 6.45) is 0.989. The van der Waals surface area contributed by atoms with E-state index in [1.54, 1.807) is 13.8 Å². The second-order valence-electron chi connectivity index (χ2n) is 3.42. The van der Waals surface area contributed by atoms with E-state index >= 15 is 0 Å². The second-order valence-corrected chi connectivity index (χ2v) is 3.42. The highest BCUT2D eigenvalue weighted by Crippen LogP contribution is 2.28. The van der Waals surface area contributed by atoms with Gasteiger partial charge in [-0.05, 0) is 20.8 Å². The van der Waals surface area contributed by atoms with Crippen molar-refractivity contribution < 1.29 is 18.3 Å². The first-order chi connectivity index (χ1) is 7.41. The number of rotatable bonds is 4. The van der Waals surface area contributed by atoms with Gasteiger partial charge in [0.05, 0.1) is 6.61 Å². The average Bonchev–Trinajstić information content (AvgIpc) is 2.66. The predicted octanol–water partition coefficient (Wildman–Crippen LogP) is 1.51. The summed E-state index contributed by atoms with van der Waals surface area (Å²) in [6.45, 7) is 4.68. The van der Waals surface area contributed by atoms with Gasteiger partial charge in [-0.15, -0.1) is 0 Å². The zero-order valence-corrected chi connectivity index (χ0v) is 9.28. The van der Waals surface area contributed by atoms with E-state index in [-0.39, 0.29) is 12.6 Å². The first-order valence-corrected chi connectivity index (χ1v) is 4.86. The topological polar surface area (TPSA) is 57.0 Å². The molecule has 0 radical (unpaired) electrons. The lowest BCUT2D eigenvalue weighted by Gasteiger charge is -2.16. The van der Waals surface area contributed by atoms with Crippen molar-refractivity contribution in [1.82, 2.24) is 14.8 Å². The summed E-state index contributed by atoms with van der Waals surface area (Å²) >= 11 is 0. The molecule has 0 fully saturated rings. The summed E-state index contributed by atoms with van der Waals surface area (Å²) in [5.74, 6) is -6.07. The molecule has 0 aromatic carbocycles. The minimum absolute atomic E-state index is 0.107.